The van der Waals surface area contributed by atoms with Gasteiger partial charge in [-0.3, -0.25) is 4.79 Å². The molecule has 0 aliphatic rings. The first-order valence-electron chi connectivity index (χ1n) is 6.44. The fourth-order valence-corrected chi connectivity index (χ4v) is 2.21. The Labute approximate surface area is 126 Å². The number of esters is 1. The molecule has 0 amide bonds. The number of oxime groups is 1. The van der Waals surface area contributed by atoms with Crippen LogP contribution in [0.3, 0.4) is 0 Å². The number of phenolic OH excluding ortho intramolecular Hbond substituents is 2. The molecule has 0 aliphatic carbocycles. The van der Waals surface area contributed by atoms with Crippen LogP contribution in [0.2, 0.25) is 0 Å². The van der Waals surface area contributed by atoms with Gasteiger partial charge in [0.05, 0.1) is 19.7 Å². The van der Waals surface area contributed by atoms with Gasteiger partial charge in [0.2, 0.25) is 0 Å². The van der Waals surface area contributed by atoms with Crippen LogP contribution < -0.4 is 0 Å². The zero-order chi connectivity index (χ0) is 16.1. The zero-order valence-electron chi connectivity index (χ0n) is 11.9. The van der Waals surface area contributed by atoms with Crippen LogP contribution in [0.25, 0.3) is 11.1 Å². The summed E-state index contributed by atoms with van der Waals surface area (Å²) in [6.07, 6.45) is 1.16. The van der Waals surface area contributed by atoms with Crippen LogP contribution in [-0.4, -0.2) is 34.7 Å². The molecule has 6 heteroatoms. The Morgan fingerprint density at radius 3 is 2.73 bits per heavy atom. The van der Waals surface area contributed by atoms with Gasteiger partial charge in [-0.25, -0.2) is 0 Å². The minimum Gasteiger partial charge on any atom is -0.508 e. The molecular formula is C16H15NO5. The Morgan fingerprint density at radius 2 is 2.05 bits per heavy atom. The van der Waals surface area contributed by atoms with E-state index in [1.54, 1.807) is 24.3 Å². The highest BCUT2D eigenvalue weighted by molar-refractivity contribution is 5.86. The van der Waals surface area contributed by atoms with Crippen LogP contribution >= 0.6 is 0 Å². The van der Waals surface area contributed by atoms with Gasteiger partial charge in [-0.05, 0) is 28.8 Å². The van der Waals surface area contributed by atoms with Gasteiger partial charge < -0.3 is 20.2 Å². The molecule has 6 nitrogen and oxygen atoms in total. The molecule has 0 saturated heterocycles. The van der Waals surface area contributed by atoms with E-state index in [2.05, 4.69) is 9.89 Å². The van der Waals surface area contributed by atoms with E-state index in [9.17, 15) is 15.0 Å². The van der Waals surface area contributed by atoms with Crippen molar-refractivity contribution in [2.24, 2.45) is 5.16 Å². The molecule has 22 heavy (non-hydrogen) atoms. The standard InChI is InChI=1S/C16H15NO5/c1-22-15(20)7-12-6-13(18)8-14(19)16(12)11-4-2-3-10(5-11)9-17-21/h2-6,8-9,18-19,21H,7H2,1H3. The van der Waals surface area contributed by atoms with E-state index in [-0.39, 0.29) is 17.9 Å². The summed E-state index contributed by atoms with van der Waals surface area (Å²) in [5.41, 5.74) is 2.09. The summed E-state index contributed by atoms with van der Waals surface area (Å²) in [6.45, 7) is 0. The van der Waals surface area contributed by atoms with E-state index < -0.39 is 5.97 Å². The molecule has 3 N–H and O–H groups in total. The average Bonchev–Trinajstić information content (AvgIpc) is 2.47. The van der Waals surface area contributed by atoms with Gasteiger partial charge in [0, 0.05) is 11.6 Å². The maximum Gasteiger partial charge on any atom is 0.310 e. The topological polar surface area (TPSA) is 99.4 Å². The molecule has 0 bridgehead atoms. The van der Waals surface area contributed by atoms with E-state index >= 15 is 0 Å². The van der Waals surface area contributed by atoms with E-state index in [0.29, 0.717) is 22.3 Å². The molecule has 0 aromatic heterocycles. The third-order valence-electron chi connectivity index (χ3n) is 3.13. The van der Waals surface area contributed by atoms with Crippen molar-refractivity contribution in [3.05, 3.63) is 47.5 Å². The summed E-state index contributed by atoms with van der Waals surface area (Å²) >= 11 is 0. The van der Waals surface area contributed by atoms with Crippen LogP contribution in [0, 0.1) is 0 Å². The van der Waals surface area contributed by atoms with E-state index in [1.165, 1.54) is 25.5 Å². The lowest BCUT2D eigenvalue weighted by molar-refractivity contribution is -0.139. The van der Waals surface area contributed by atoms with Gasteiger partial charge in [-0.1, -0.05) is 23.4 Å². The number of aromatic hydroxyl groups is 2. The smallest absolute Gasteiger partial charge is 0.310 e. The number of ether oxygens (including phenoxy) is 1. The molecule has 0 saturated carbocycles. The first-order valence-corrected chi connectivity index (χ1v) is 6.44. The van der Waals surface area contributed by atoms with Gasteiger partial charge in [0.25, 0.3) is 0 Å². The van der Waals surface area contributed by atoms with Gasteiger partial charge in [0.1, 0.15) is 11.5 Å². The molecular weight excluding hydrogens is 286 g/mol. The summed E-state index contributed by atoms with van der Waals surface area (Å²) in [7, 11) is 1.27. The number of phenols is 2. The van der Waals surface area contributed by atoms with Crippen molar-refractivity contribution in [3.63, 3.8) is 0 Å². The third-order valence-corrected chi connectivity index (χ3v) is 3.13. The minimum absolute atomic E-state index is 0.0912. The van der Waals surface area contributed by atoms with E-state index in [1.807, 2.05) is 0 Å². The molecule has 2 rings (SSSR count). The number of nitrogens with zero attached hydrogens (tertiary/aromatic N) is 1. The lowest BCUT2D eigenvalue weighted by Gasteiger charge is -2.12. The van der Waals surface area contributed by atoms with Crippen molar-refractivity contribution in [2.75, 3.05) is 7.11 Å². The molecule has 2 aromatic rings. The maximum atomic E-state index is 11.5. The summed E-state index contributed by atoms with van der Waals surface area (Å²) in [4.78, 5) is 11.5. The molecule has 0 unspecified atom stereocenters. The molecule has 0 heterocycles. The molecule has 0 spiro atoms. The van der Waals surface area contributed by atoms with Crippen molar-refractivity contribution >= 4 is 12.2 Å². The number of carbonyl (C=O) groups excluding carboxylic acids is 1. The zero-order valence-corrected chi connectivity index (χ0v) is 11.9. The Bertz CT molecular complexity index is 724. The minimum atomic E-state index is -0.487. The summed E-state index contributed by atoms with van der Waals surface area (Å²) in [5.74, 6) is -0.787. The van der Waals surface area contributed by atoms with Crippen LogP contribution in [0.4, 0.5) is 0 Å². The lowest BCUT2D eigenvalue weighted by atomic mass is 9.95. The van der Waals surface area contributed by atoms with Crippen LogP contribution in [0.5, 0.6) is 11.5 Å². The van der Waals surface area contributed by atoms with Crippen LogP contribution in [-0.2, 0) is 16.0 Å². The Morgan fingerprint density at radius 1 is 1.27 bits per heavy atom. The van der Waals surface area contributed by atoms with Gasteiger partial charge in [-0.2, -0.15) is 0 Å². The van der Waals surface area contributed by atoms with Crippen molar-refractivity contribution < 1.29 is 25.0 Å². The largest absolute Gasteiger partial charge is 0.508 e. The SMILES string of the molecule is COC(=O)Cc1cc(O)cc(O)c1-c1cccc(C=NO)c1. The number of hydrogen-bond acceptors (Lipinski definition) is 6. The lowest BCUT2D eigenvalue weighted by Crippen LogP contribution is -2.06. The predicted molar refractivity (Wildman–Crippen MR) is 80.3 cm³/mol. The molecule has 0 atom stereocenters. The number of rotatable bonds is 4. The fraction of sp³-hybridized carbons (Fsp3) is 0.125. The van der Waals surface area contributed by atoms with Crippen molar-refractivity contribution in [1.82, 2.24) is 0 Å². The summed E-state index contributed by atoms with van der Waals surface area (Å²) in [5, 5.41) is 31.3. The second-order valence-electron chi connectivity index (χ2n) is 4.62. The molecule has 0 aliphatic heterocycles. The Balaban J connectivity index is 2.58. The maximum absolute atomic E-state index is 11.5. The highest BCUT2D eigenvalue weighted by Crippen LogP contribution is 2.36. The van der Waals surface area contributed by atoms with Gasteiger partial charge >= 0.3 is 5.97 Å². The number of benzene rings is 2. The monoisotopic (exact) mass is 301 g/mol. The van der Waals surface area contributed by atoms with Crippen molar-refractivity contribution in [2.45, 2.75) is 6.42 Å². The highest BCUT2D eigenvalue weighted by atomic mass is 16.5. The summed E-state index contributed by atoms with van der Waals surface area (Å²) in [6, 6.07) is 9.47. The molecule has 114 valence electrons. The number of methoxy groups -OCH3 is 1. The third kappa shape index (κ3) is 3.35. The normalized spacial score (nSPS) is 10.8. The average molecular weight is 301 g/mol. The van der Waals surface area contributed by atoms with Crippen LogP contribution in [0.15, 0.2) is 41.6 Å². The second kappa shape index (κ2) is 6.62. The molecule has 0 fully saturated rings. The van der Waals surface area contributed by atoms with Crippen LogP contribution in [0.1, 0.15) is 11.1 Å². The fourth-order valence-electron chi connectivity index (χ4n) is 2.21. The quantitative estimate of drug-likeness (QED) is 0.348. The van der Waals surface area contributed by atoms with Crippen molar-refractivity contribution in [1.29, 1.82) is 0 Å². The van der Waals surface area contributed by atoms with Crippen molar-refractivity contribution in [3.8, 4) is 22.6 Å². The van der Waals surface area contributed by atoms with E-state index in [0.717, 1.165) is 0 Å². The first kappa shape index (κ1) is 15.4. The number of hydrogen-bond donors (Lipinski definition) is 3. The Hall–Kier alpha value is -3.02. The van der Waals surface area contributed by atoms with Gasteiger partial charge in [-0.15, -0.1) is 0 Å². The highest BCUT2D eigenvalue weighted by Gasteiger charge is 2.16. The Kier molecular flexibility index (Phi) is 4.63. The first-order chi connectivity index (χ1) is 10.5. The molecule has 2 aromatic carbocycles. The second-order valence-corrected chi connectivity index (χ2v) is 4.62. The van der Waals surface area contributed by atoms with E-state index in [4.69, 9.17) is 5.21 Å². The summed E-state index contributed by atoms with van der Waals surface area (Å²) < 4.78 is 4.63. The molecule has 0 radical (unpaired) electrons. The predicted octanol–water partition coefficient (Wildman–Crippen LogP) is 2.29. The number of carbonyl (C=O) groups is 1. The van der Waals surface area contributed by atoms with Gasteiger partial charge in [0.15, 0.2) is 0 Å².